The van der Waals surface area contributed by atoms with Crippen LogP contribution in [-0.4, -0.2) is 35.9 Å². The van der Waals surface area contributed by atoms with E-state index in [1.54, 1.807) is 4.90 Å². The van der Waals surface area contributed by atoms with Gasteiger partial charge in [0.15, 0.2) is 6.61 Å². The van der Waals surface area contributed by atoms with Crippen molar-refractivity contribution in [3.63, 3.8) is 0 Å². The van der Waals surface area contributed by atoms with Gasteiger partial charge < -0.3 is 15.0 Å². The zero-order valence-corrected chi connectivity index (χ0v) is 22.2. The first kappa shape index (κ1) is 27.3. The highest BCUT2D eigenvalue weighted by Crippen LogP contribution is 2.26. The molecule has 1 atom stereocenters. The van der Waals surface area contributed by atoms with Gasteiger partial charge in [0.2, 0.25) is 5.91 Å². The third-order valence-corrected chi connectivity index (χ3v) is 6.52. The van der Waals surface area contributed by atoms with E-state index in [1.807, 2.05) is 100 Å². The van der Waals surface area contributed by atoms with Gasteiger partial charge in [0, 0.05) is 24.5 Å². The molecule has 2 amide bonds. The number of hydrogen-bond donors (Lipinski definition) is 1. The first-order chi connectivity index (χ1) is 17.2. The van der Waals surface area contributed by atoms with Crippen LogP contribution in [0.25, 0.3) is 0 Å². The maximum Gasteiger partial charge on any atom is 0.261 e. The zero-order valence-electron chi connectivity index (χ0n) is 21.5. The average Bonchev–Trinajstić information content (AvgIpc) is 2.87. The fourth-order valence-corrected chi connectivity index (χ4v) is 4.08. The van der Waals surface area contributed by atoms with Crippen LogP contribution in [0.4, 0.5) is 0 Å². The molecule has 3 aromatic carbocycles. The molecule has 0 aliphatic heterocycles. The standard InChI is InChI=1S/C30H35ClN2O3/c1-21(2)18-32-30(35)27(17-24-11-7-5-8-12-24)33(19-25-13-9-6-10-14-25)28(34)20-36-26-15-22(3)29(31)23(4)16-26/h5-16,21,27H,17-20H2,1-4H3,(H,32,35)/t27-/m0/s1. The number of nitrogens with zero attached hydrogens (tertiary/aromatic N) is 1. The van der Waals surface area contributed by atoms with E-state index in [4.69, 9.17) is 16.3 Å². The van der Waals surface area contributed by atoms with E-state index >= 15 is 0 Å². The minimum absolute atomic E-state index is 0.171. The lowest BCUT2D eigenvalue weighted by molar-refractivity contribution is -0.142. The topological polar surface area (TPSA) is 58.6 Å². The molecule has 1 N–H and O–H groups in total. The predicted octanol–water partition coefficient (Wildman–Crippen LogP) is 5.75. The van der Waals surface area contributed by atoms with Crippen LogP contribution in [0.2, 0.25) is 5.02 Å². The minimum atomic E-state index is -0.684. The molecule has 0 radical (unpaired) electrons. The molecule has 36 heavy (non-hydrogen) atoms. The first-order valence-electron chi connectivity index (χ1n) is 12.3. The minimum Gasteiger partial charge on any atom is -0.484 e. The molecule has 0 spiro atoms. The maximum absolute atomic E-state index is 13.6. The van der Waals surface area contributed by atoms with Crippen molar-refractivity contribution in [3.8, 4) is 5.75 Å². The number of nitrogens with one attached hydrogen (secondary N) is 1. The summed E-state index contributed by atoms with van der Waals surface area (Å²) in [5, 5.41) is 3.71. The van der Waals surface area contributed by atoms with Crippen LogP contribution >= 0.6 is 11.6 Å². The van der Waals surface area contributed by atoms with Crippen molar-refractivity contribution in [2.45, 2.75) is 46.7 Å². The van der Waals surface area contributed by atoms with Gasteiger partial charge >= 0.3 is 0 Å². The number of ether oxygens (including phenoxy) is 1. The van der Waals surface area contributed by atoms with Gasteiger partial charge in [-0.25, -0.2) is 0 Å². The number of halogens is 1. The third-order valence-electron chi connectivity index (χ3n) is 5.92. The second kappa shape index (κ2) is 13.1. The Hall–Kier alpha value is -3.31. The lowest BCUT2D eigenvalue weighted by Gasteiger charge is -2.31. The molecular formula is C30H35ClN2O3. The molecule has 0 aromatic heterocycles. The summed E-state index contributed by atoms with van der Waals surface area (Å²) in [4.78, 5) is 28.7. The molecule has 0 heterocycles. The SMILES string of the molecule is Cc1cc(OCC(=O)N(Cc2ccccc2)[C@@H](Cc2ccccc2)C(=O)NCC(C)C)cc(C)c1Cl. The molecule has 3 aromatic rings. The summed E-state index contributed by atoms with van der Waals surface area (Å²) in [6, 6.07) is 22.4. The second-order valence-corrected chi connectivity index (χ2v) is 9.89. The summed E-state index contributed by atoms with van der Waals surface area (Å²) < 4.78 is 5.90. The van der Waals surface area contributed by atoms with Gasteiger partial charge in [-0.3, -0.25) is 9.59 Å². The third kappa shape index (κ3) is 7.85. The summed E-state index contributed by atoms with van der Waals surface area (Å²) in [5.41, 5.74) is 3.70. The lowest BCUT2D eigenvalue weighted by Crippen LogP contribution is -2.52. The number of aryl methyl sites for hydroxylation is 2. The maximum atomic E-state index is 13.6. The quantitative estimate of drug-likeness (QED) is 0.360. The highest BCUT2D eigenvalue weighted by molar-refractivity contribution is 6.32. The van der Waals surface area contributed by atoms with E-state index in [0.29, 0.717) is 36.2 Å². The van der Waals surface area contributed by atoms with E-state index in [0.717, 1.165) is 22.3 Å². The highest BCUT2D eigenvalue weighted by atomic mass is 35.5. The van der Waals surface area contributed by atoms with Crippen LogP contribution in [0.3, 0.4) is 0 Å². The Balaban J connectivity index is 1.89. The molecule has 0 fully saturated rings. The van der Waals surface area contributed by atoms with Crippen LogP contribution in [0, 0.1) is 19.8 Å². The number of benzene rings is 3. The van der Waals surface area contributed by atoms with Gasteiger partial charge in [0.05, 0.1) is 0 Å². The van der Waals surface area contributed by atoms with E-state index < -0.39 is 6.04 Å². The molecule has 3 rings (SSSR count). The summed E-state index contributed by atoms with van der Waals surface area (Å²) in [5.74, 6) is 0.440. The highest BCUT2D eigenvalue weighted by Gasteiger charge is 2.30. The summed E-state index contributed by atoms with van der Waals surface area (Å²) in [6.07, 6.45) is 0.405. The Kier molecular flexibility index (Phi) is 9.95. The molecule has 0 saturated heterocycles. The fourth-order valence-electron chi connectivity index (χ4n) is 3.97. The van der Waals surface area contributed by atoms with E-state index in [9.17, 15) is 9.59 Å². The Labute approximate surface area is 219 Å². The Morgan fingerprint density at radius 2 is 1.47 bits per heavy atom. The van der Waals surface area contributed by atoms with Crippen molar-refractivity contribution >= 4 is 23.4 Å². The van der Waals surface area contributed by atoms with E-state index in [2.05, 4.69) is 5.32 Å². The predicted molar refractivity (Wildman–Crippen MR) is 145 cm³/mol. The van der Waals surface area contributed by atoms with Crippen LogP contribution in [0.15, 0.2) is 72.8 Å². The van der Waals surface area contributed by atoms with Crippen LogP contribution in [0.5, 0.6) is 5.75 Å². The number of carbonyl (C=O) groups excluding carboxylic acids is 2. The fraction of sp³-hybridized carbons (Fsp3) is 0.333. The molecule has 190 valence electrons. The van der Waals surface area contributed by atoms with Gasteiger partial charge in [-0.05, 0) is 54.2 Å². The van der Waals surface area contributed by atoms with Crippen molar-refractivity contribution in [2.24, 2.45) is 5.92 Å². The lowest BCUT2D eigenvalue weighted by atomic mass is 10.0. The zero-order chi connectivity index (χ0) is 26.1. The van der Waals surface area contributed by atoms with Gasteiger partial charge in [-0.15, -0.1) is 0 Å². The largest absolute Gasteiger partial charge is 0.484 e. The van der Waals surface area contributed by atoms with E-state index in [-0.39, 0.29) is 18.4 Å². The van der Waals surface area contributed by atoms with Crippen molar-refractivity contribution in [1.29, 1.82) is 0 Å². The molecular weight excluding hydrogens is 472 g/mol. The number of amides is 2. The normalized spacial score (nSPS) is 11.7. The van der Waals surface area contributed by atoms with Crippen molar-refractivity contribution in [2.75, 3.05) is 13.2 Å². The van der Waals surface area contributed by atoms with Crippen LogP contribution < -0.4 is 10.1 Å². The van der Waals surface area contributed by atoms with Crippen LogP contribution in [0.1, 0.15) is 36.1 Å². The van der Waals surface area contributed by atoms with Crippen molar-refractivity contribution in [1.82, 2.24) is 10.2 Å². The molecule has 6 heteroatoms. The Morgan fingerprint density at radius 3 is 2.03 bits per heavy atom. The summed E-state index contributed by atoms with van der Waals surface area (Å²) in [7, 11) is 0. The summed E-state index contributed by atoms with van der Waals surface area (Å²) in [6.45, 7) is 8.55. The Bertz CT molecular complexity index is 1130. The Morgan fingerprint density at radius 1 is 0.917 bits per heavy atom. The van der Waals surface area contributed by atoms with Gasteiger partial charge in [-0.1, -0.05) is 86.1 Å². The summed E-state index contributed by atoms with van der Waals surface area (Å²) >= 11 is 6.28. The molecule has 5 nitrogen and oxygen atoms in total. The monoisotopic (exact) mass is 506 g/mol. The average molecular weight is 507 g/mol. The second-order valence-electron chi connectivity index (χ2n) is 9.51. The molecule has 0 unspecified atom stereocenters. The van der Waals surface area contributed by atoms with Gasteiger partial charge in [0.1, 0.15) is 11.8 Å². The molecule has 0 aliphatic carbocycles. The number of hydrogen-bond acceptors (Lipinski definition) is 3. The molecule has 0 saturated carbocycles. The van der Waals surface area contributed by atoms with Crippen molar-refractivity contribution < 1.29 is 14.3 Å². The smallest absolute Gasteiger partial charge is 0.261 e. The van der Waals surface area contributed by atoms with Crippen molar-refractivity contribution in [3.05, 3.63) is 100 Å². The molecule has 0 bridgehead atoms. The van der Waals surface area contributed by atoms with Gasteiger partial charge in [-0.2, -0.15) is 0 Å². The number of rotatable bonds is 11. The number of carbonyl (C=O) groups is 2. The first-order valence-corrected chi connectivity index (χ1v) is 12.7. The molecule has 0 aliphatic rings. The van der Waals surface area contributed by atoms with E-state index in [1.165, 1.54) is 0 Å². The van der Waals surface area contributed by atoms with Crippen LogP contribution in [-0.2, 0) is 22.6 Å². The van der Waals surface area contributed by atoms with Gasteiger partial charge in [0.25, 0.3) is 5.91 Å².